The first-order valence-electron chi connectivity index (χ1n) is 9.11. The molecule has 28 heavy (non-hydrogen) atoms. The predicted octanol–water partition coefficient (Wildman–Crippen LogP) is 6.40. The molecule has 4 heteroatoms. The van der Waals surface area contributed by atoms with Crippen LogP contribution in [0.5, 0.6) is 5.75 Å². The third-order valence-corrected chi connectivity index (χ3v) is 4.62. The Balaban J connectivity index is 1.67. The lowest BCUT2D eigenvalue weighted by molar-refractivity contribution is 0.104. The van der Waals surface area contributed by atoms with Gasteiger partial charge in [-0.05, 0) is 79.2 Å². The van der Waals surface area contributed by atoms with E-state index in [0.717, 1.165) is 22.7 Å². The molecule has 0 N–H and O–H groups in total. The van der Waals surface area contributed by atoms with E-state index < -0.39 is 0 Å². The van der Waals surface area contributed by atoms with Gasteiger partial charge < -0.3 is 9.64 Å². The number of rotatable bonds is 7. The van der Waals surface area contributed by atoms with Crippen molar-refractivity contribution in [3.63, 3.8) is 0 Å². The summed E-state index contributed by atoms with van der Waals surface area (Å²) in [6, 6.07) is 22.9. The molecule has 0 aliphatic heterocycles. The van der Waals surface area contributed by atoms with E-state index in [1.165, 1.54) is 0 Å². The topological polar surface area (TPSA) is 29.5 Å². The molecular weight excluding hydrogens is 370 g/mol. The maximum absolute atomic E-state index is 12.2. The van der Waals surface area contributed by atoms with E-state index >= 15 is 0 Å². The molecule has 3 nitrogen and oxygen atoms in total. The van der Waals surface area contributed by atoms with Crippen LogP contribution >= 0.6 is 11.6 Å². The average molecular weight is 392 g/mol. The fraction of sp³-hybridized carbons (Fsp3) is 0.125. The van der Waals surface area contributed by atoms with E-state index in [9.17, 15) is 4.79 Å². The summed E-state index contributed by atoms with van der Waals surface area (Å²) in [5.41, 5.74) is 3.72. The van der Waals surface area contributed by atoms with E-state index in [4.69, 9.17) is 16.3 Å². The van der Waals surface area contributed by atoms with Crippen LogP contribution in [0.4, 0.5) is 11.4 Å². The number of anilines is 2. The third-order valence-electron chi connectivity index (χ3n) is 4.37. The molecule has 0 radical (unpaired) electrons. The van der Waals surface area contributed by atoms with Gasteiger partial charge in [0.15, 0.2) is 5.78 Å². The molecule has 0 aromatic heterocycles. The maximum Gasteiger partial charge on any atom is 0.185 e. The molecule has 0 aliphatic rings. The van der Waals surface area contributed by atoms with Crippen LogP contribution < -0.4 is 9.64 Å². The van der Waals surface area contributed by atoms with Crippen molar-refractivity contribution in [1.82, 2.24) is 0 Å². The van der Waals surface area contributed by atoms with Gasteiger partial charge in [-0.3, -0.25) is 4.79 Å². The van der Waals surface area contributed by atoms with Crippen LogP contribution in [0.1, 0.15) is 22.8 Å². The van der Waals surface area contributed by atoms with Crippen molar-refractivity contribution >= 4 is 34.8 Å². The largest absolute Gasteiger partial charge is 0.494 e. The molecule has 0 amide bonds. The molecule has 3 aromatic carbocycles. The van der Waals surface area contributed by atoms with E-state index in [0.29, 0.717) is 17.2 Å². The monoisotopic (exact) mass is 391 g/mol. The minimum Gasteiger partial charge on any atom is -0.494 e. The Morgan fingerprint density at radius 1 is 0.929 bits per heavy atom. The molecular formula is C24H22ClNO2. The fourth-order valence-corrected chi connectivity index (χ4v) is 2.90. The number of hydrogen-bond acceptors (Lipinski definition) is 3. The summed E-state index contributed by atoms with van der Waals surface area (Å²) in [7, 11) is 2.02. The lowest BCUT2D eigenvalue weighted by atomic mass is 10.1. The van der Waals surface area contributed by atoms with Crippen LogP contribution in [-0.4, -0.2) is 19.4 Å². The Hall–Kier alpha value is -3.04. The lowest BCUT2D eigenvalue weighted by Crippen LogP contribution is -2.09. The van der Waals surface area contributed by atoms with Gasteiger partial charge >= 0.3 is 0 Å². The number of halogens is 1. The summed E-state index contributed by atoms with van der Waals surface area (Å²) in [5.74, 6) is 0.817. The van der Waals surface area contributed by atoms with Crippen molar-refractivity contribution in [3.05, 3.63) is 95.0 Å². The Morgan fingerprint density at radius 3 is 2.07 bits per heavy atom. The molecule has 142 valence electrons. The first-order chi connectivity index (χ1) is 13.6. The van der Waals surface area contributed by atoms with Crippen LogP contribution in [0.2, 0.25) is 5.02 Å². The summed E-state index contributed by atoms with van der Waals surface area (Å²) in [6.07, 6.45) is 3.39. The molecule has 3 rings (SSSR count). The number of allylic oxidation sites excluding steroid dienone is 1. The minimum absolute atomic E-state index is 0.0488. The molecule has 0 atom stereocenters. The highest BCUT2D eigenvalue weighted by atomic mass is 35.5. The van der Waals surface area contributed by atoms with Gasteiger partial charge in [-0.1, -0.05) is 29.8 Å². The van der Waals surface area contributed by atoms with E-state index in [-0.39, 0.29) is 5.78 Å². The number of hydrogen-bond donors (Lipinski definition) is 0. The summed E-state index contributed by atoms with van der Waals surface area (Å²) < 4.78 is 5.49. The number of ketones is 1. The van der Waals surface area contributed by atoms with Gasteiger partial charge in [0.2, 0.25) is 0 Å². The fourth-order valence-electron chi connectivity index (χ4n) is 2.77. The molecule has 0 unspecified atom stereocenters. The number of nitrogens with zero attached hydrogens (tertiary/aromatic N) is 1. The van der Waals surface area contributed by atoms with Crippen molar-refractivity contribution in [1.29, 1.82) is 0 Å². The van der Waals surface area contributed by atoms with Crippen LogP contribution in [0.25, 0.3) is 6.08 Å². The molecule has 0 saturated carbocycles. The molecule has 0 fully saturated rings. The van der Waals surface area contributed by atoms with Gasteiger partial charge in [0.1, 0.15) is 5.75 Å². The number of carbonyl (C=O) groups is 1. The summed E-state index contributed by atoms with van der Waals surface area (Å²) in [6.45, 7) is 2.63. The van der Waals surface area contributed by atoms with Gasteiger partial charge in [-0.25, -0.2) is 0 Å². The zero-order valence-electron chi connectivity index (χ0n) is 15.9. The Kier molecular flexibility index (Phi) is 6.51. The SMILES string of the molecule is CCOc1ccc(N(C)c2ccc(/C=C/C(=O)c3ccc(Cl)cc3)cc2)cc1. The van der Waals surface area contributed by atoms with Crippen molar-refractivity contribution < 1.29 is 9.53 Å². The highest BCUT2D eigenvalue weighted by Gasteiger charge is 2.05. The van der Waals surface area contributed by atoms with Crippen LogP contribution in [0.15, 0.2) is 78.9 Å². The number of carbonyl (C=O) groups excluding carboxylic acids is 1. The molecule has 0 heterocycles. The molecule has 0 saturated heterocycles. The van der Waals surface area contributed by atoms with Crippen LogP contribution in [0, 0.1) is 0 Å². The maximum atomic E-state index is 12.2. The van der Waals surface area contributed by atoms with E-state index in [1.54, 1.807) is 30.3 Å². The highest BCUT2D eigenvalue weighted by Crippen LogP contribution is 2.26. The van der Waals surface area contributed by atoms with Gasteiger partial charge in [-0.2, -0.15) is 0 Å². The number of ether oxygens (including phenoxy) is 1. The van der Waals surface area contributed by atoms with Gasteiger partial charge in [0.25, 0.3) is 0 Å². The minimum atomic E-state index is -0.0488. The third kappa shape index (κ3) is 5.02. The second-order valence-corrected chi connectivity index (χ2v) is 6.72. The van der Waals surface area contributed by atoms with Gasteiger partial charge in [0, 0.05) is 29.0 Å². The molecule has 3 aromatic rings. The zero-order valence-corrected chi connectivity index (χ0v) is 16.7. The molecule has 0 bridgehead atoms. The zero-order chi connectivity index (χ0) is 19.9. The summed E-state index contributed by atoms with van der Waals surface area (Å²) in [5, 5.41) is 0.618. The number of benzene rings is 3. The van der Waals surface area contributed by atoms with Gasteiger partial charge in [-0.15, -0.1) is 0 Å². The quantitative estimate of drug-likeness (QED) is 0.344. The Labute approximate surface area is 170 Å². The Morgan fingerprint density at radius 2 is 1.50 bits per heavy atom. The summed E-state index contributed by atoms with van der Waals surface area (Å²) in [4.78, 5) is 14.3. The van der Waals surface area contributed by atoms with Crippen molar-refractivity contribution in [3.8, 4) is 5.75 Å². The average Bonchev–Trinajstić information content (AvgIpc) is 2.73. The van der Waals surface area contributed by atoms with E-state index in [2.05, 4.69) is 4.90 Å². The first-order valence-corrected chi connectivity index (χ1v) is 9.49. The van der Waals surface area contributed by atoms with E-state index in [1.807, 2.05) is 68.6 Å². The van der Waals surface area contributed by atoms with Crippen molar-refractivity contribution in [2.24, 2.45) is 0 Å². The molecule has 0 spiro atoms. The Bertz CT molecular complexity index is 945. The predicted molar refractivity (Wildman–Crippen MR) is 117 cm³/mol. The highest BCUT2D eigenvalue weighted by molar-refractivity contribution is 6.30. The second-order valence-electron chi connectivity index (χ2n) is 6.28. The lowest BCUT2D eigenvalue weighted by Gasteiger charge is -2.20. The van der Waals surface area contributed by atoms with Crippen LogP contribution in [0.3, 0.4) is 0 Å². The smallest absolute Gasteiger partial charge is 0.185 e. The van der Waals surface area contributed by atoms with Crippen LogP contribution in [-0.2, 0) is 0 Å². The first kappa shape index (κ1) is 19.7. The molecule has 0 aliphatic carbocycles. The standard InChI is InChI=1S/C24H22ClNO2/c1-3-28-23-15-13-22(14-16-23)26(2)21-11-4-18(5-12-21)6-17-24(27)19-7-9-20(25)10-8-19/h4-17H,3H2,1-2H3/b17-6+. The van der Waals surface area contributed by atoms with Crippen molar-refractivity contribution in [2.45, 2.75) is 6.92 Å². The summed E-state index contributed by atoms with van der Waals surface area (Å²) >= 11 is 5.86. The van der Waals surface area contributed by atoms with Crippen molar-refractivity contribution in [2.75, 3.05) is 18.6 Å². The second kappa shape index (κ2) is 9.25. The van der Waals surface area contributed by atoms with Gasteiger partial charge in [0.05, 0.1) is 6.61 Å². The normalized spacial score (nSPS) is 10.8.